The number of anilines is 2. The summed E-state index contributed by atoms with van der Waals surface area (Å²) in [5.41, 5.74) is 5.69. The van der Waals surface area contributed by atoms with Gasteiger partial charge in [0.2, 0.25) is 0 Å². The van der Waals surface area contributed by atoms with Gasteiger partial charge in [-0.05, 0) is 53.2 Å². The highest BCUT2D eigenvalue weighted by Gasteiger charge is 2.16. The summed E-state index contributed by atoms with van der Waals surface area (Å²) in [7, 11) is -3.85. The second-order valence-electron chi connectivity index (χ2n) is 4.46. The Morgan fingerprint density at radius 1 is 1.10 bits per heavy atom. The average molecular weight is 322 g/mol. The van der Waals surface area contributed by atoms with Crippen molar-refractivity contribution in [3.8, 4) is 0 Å². The molecule has 1 aromatic heterocycles. The predicted molar refractivity (Wildman–Crippen MR) is 83.4 cm³/mol. The third-order valence-electron chi connectivity index (χ3n) is 2.99. The molecular formula is C14H11FN2O2S2. The average Bonchev–Trinajstić information content (AvgIpc) is 2.88. The number of nitrogen functional groups attached to an aromatic ring is 1. The molecule has 0 spiro atoms. The number of sulfonamides is 1. The minimum absolute atomic E-state index is 0.0892. The van der Waals surface area contributed by atoms with Gasteiger partial charge in [-0.1, -0.05) is 0 Å². The second-order valence-corrected chi connectivity index (χ2v) is 7.09. The number of nitrogens with two attached hydrogens (primary N) is 1. The van der Waals surface area contributed by atoms with E-state index < -0.39 is 15.8 Å². The van der Waals surface area contributed by atoms with E-state index in [1.165, 1.54) is 12.1 Å². The Labute approximate surface area is 125 Å². The third-order valence-corrected chi connectivity index (χ3v) is 5.26. The summed E-state index contributed by atoms with van der Waals surface area (Å²) in [6.45, 7) is 0. The van der Waals surface area contributed by atoms with E-state index in [-0.39, 0.29) is 10.6 Å². The van der Waals surface area contributed by atoms with Crippen LogP contribution in [0.15, 0.2) is 52.7 Å². The Morgan fingerprint density at radius 2 is 1.90 bits per heavy atom. The molecule has 0 bridgehead atoms. The van der Waals surface area contributed by atoms with Crippen LogP contribution in [0.3, 0.4) is 0 Å². The molecule has 7 heteroatoms. The molecule has 2 aromatic carbocycles. The van der Waals surface area contributed by atoms with Crippen molar-refractivity contribution in [3.05, 3.63) is 53.7 Å². The SMILES string of the molecule is Nc1ccc(S(=O)(=O)Nc2ccc3sccc3c2)cc1F. The fraction of sp³-hybridized carbons (Fsp3) is 0. The zero-order valence-electron chi connectivity index (χ0n) is 10.7. The van der Waals surface area contributed by atoms with Gasteiger partial charge < -0.3 is 5.73 Å². The maximum Gasteiger partial charge on any atom is 0.261 e. The van der Waals surface area contributed by atoms with Gasteiger partial charge in [-0.25, -0.2) is 12.8 Å². The highest BCUT2D eigenvalue weighted by Crippen LogP contribution is 2.26. The van der Waals surface area contributed by atoms with Crippen LogP contribution in [0.1, 0.15) is 0 Å². The van der Waals surface area contributed by atoms with Crippen molar-refractivity contribution < 1.29 is 12.8 Å². The highest BCUT2D eigenvalue weighted by atomic mass is 32.2. The number of nitrogens with one attached hydrogen (secondary N) is 1. The van der Waals surface area contributed by atoms with Crippen LogP contribution in [0, 0.1) is 5.82 Å². The summed E-state index contributed by atoms with van der Waals surface area (Å²) in [6, 6.07) is 10.5. The standard InChI is InChI=1S/C14H11FN2O2S2/c15-12-8-11(2-3-13(12)16)21(18,19)17-10-1-4-14-9(7-10)5-6-20-14/h1-8,17H,16H2. The smallest absolute Gasteiger partial charge is 0.261 e. The van der Waals surface area contributed by atoms with Crippen molar-refractivity contribution in [2.24, 2.45) is 0 Å². The number of fused-ring (bicyclic) bond motifs is 1. The Morgan fingerprint density at radius 3 is 2.67 bits per heavy atom. The summed E-state index contributed by atoms with van der Waals surface area (Å²) >= 11 is 1.57. The number of rotatable bonds is 3. The molecule has 0 saturated heterocycles. The van der Waals surface area contributed by atoms with Gasteiger partial charge in [-0.3, -0.25) is 4.72 Å². The Balaban J connectivity index is 1.96. The van der Waals surface area contributed by atoms with Gasteiger partial charge in [0, 0.05) is 10.4 Å². The van der Waals surface area contributed by atoms with Crippen molar-refractivity contribution in [2.45, 2.75) is 4.90 Å². The molecule has 0 saturated carbocycles. The van der Waals surface area contributed by atoms with E-state index in [1.807, 2.05) is 17.5 Å². The van der Waals surface area contributed by atoms with Crippen LogP contribution in [0.5, 0.6) is 0 Å². The molecule has 108 valence electrons. The van der Waals surface area contributed by atoms with Crippen molar-refractivity contribution >= 4 is 42.8 Å². The number of hydrogen-bond donors (Lipinski definition) is 2. The summed E-state index contributed by atoms with van der Waals surface area (Å²) in [5.74, 6) is -0.758. The maximum atomic E-state index is 13.4. The number of thiophene rings is 1. The van der Waals surface area contributed by atoms with Crippen molar-refractivity contribution in [1.82, 2.24) is 0 Å². The molecule has 3 rings (SSSR count). The Kier molecular flexibility index (Phi) is 3.30. The lowest BCUT2D eigenvalue weighted by molar-refractivity contribution is 0.596. The van der Waals surface area contributed by atoms with Crippen LogP contribution in [-0.2, 0) is 10.0 Å². The monoisotopic (exact) mass is 322 g/mol. The lowest BCUT2D eigenvalue weighted by atomic mass is 10.2. The molecular weight excluding hydrogens is 311 g/mol. The van der Waals surface area contributed by atoms with E-state index >= 15 is 0 Å². The quantitative estimate of drug-likeness (QED) is 0.726. The van der Waals surface area contributed by atoms with E-state index in [0.717, 1.165) is 16.2 Å². The summed E-state index contributed by atoms with van der Waals surface area (Å²) < 4.78 is 41.3. The van der Waals surface area contributed by atoms with E-state index in [2.05, 4.69) is 4.72 Å². The number of benzene rings is 2. The minimum Gasteiger partial charge on any atom is -0.396 e. The molecule has 3 N–H and O–H groups in total. The van der Waals surface area contributed by atoms with E-state index in [4.69, 9.17) is 5.73 Å². The van der Waals surface area contributed by atoms with Gasteiger partial charge in [0.15, 0.2) is 0 Å². The van der Waals surface area contributed by atoms with Crippen molar-refractivity contribution in [2.75, 3.05) is 10.5 Å². The van der Waals surface area contributed by atoms with Crippen LogP contribution < -0.4 is 10.5 Å². The second kappa shape index (κ2) is 5.01. The first-order valence-electron chi connectivity index (χ1n) is 6.01. The summed E-state index contributed by atoms with van der Waals surface area (Å²) in [6.07, 6.45) is 0. The molecule has 0 atom stereocenters. The van der Waals surface area contributed by atoms with Gasteiger partial charge in [0.1, 0.15) is 5.82 Å². The van der Waals surface area contributed by atoms with E-state index in [0.29, 0.717) is 5.69 Å². The van der Waals surface area contributed by atoms with Crippen LogP contribution in [0.4, 0.5) is 15.8 Å². The third kappa shape index (κ3) is 2.70. The van der Waals surface area contributed by atoms with Gasteiger partial charge in [-0.15, -0.1) is 11.3 Å². The zero-order valence-corrected chi connectivity index (χ0v) is 12.3. The Bertz CT molecular complexity index is 920. The normalized spacial score (nSPS) is 11.7. The molecule has 0 aliphatic heterocycles. The van der Waals surface area contributed by atoms with Gasteiger partial charge in [0.25, 0.3) is 10.0 Å². The lowest BCUT2D eigenvalue weighted by Crippen LogP contribution is -2.13. The van der Waals surface area contributed by atoms with Crippen LogP contribution in [0.2, 0.25) is 0 Å². The number of hydrogen-bond acceptors (Lipinski definition) is 4. The first kappa shape index (κ1) is 13.8. The molecule has 0 fully saturated rings. The molecule has 0 amide bonds. The van der Waals surface area contributed by atoms with Crippen molar-refractivity contribution in [3.63, 3.8) is 0 Å². The van der Waals surface area contributed by atoms with E-state index in [1.54, 1.807) is 23.5 Å². The van der Waals surface area contributed by atoms with Gasteiger partial charge in [0.05, 0.1) is 10.6 Å². The Hall–Kier alpha value is -2.12. The molecule has 3 aromatic rings. The number of halogens is 1. The topological polar surface area (TPSA) is 72.2 Å². The molecule has 0 unspecified atom stereocenters. The fourth-order valence-electron chi connectivity index (χ4n) is 1.92. The van der Waals surface area contributed by atoms with Crippen molar-refractivity contribution in [1.29, 1.82) is 0 Å². The molecule has 0 radical (unpaired) electrons. The predicted octanol–water partition coefficient (Wildman–Crippen LogP) is 3.42. The molecule has 0 aliphatic carbocycles. The maximum absolute atomic E-state index is 13.4. The highest BCUT2D eigenvalue weighted by molar-refractivity contribution is 7.92. The van der Waals surface area contributed by atoms with Gasteiger partial charge in [-0.2, -0.15) is 0 Å². The summed E-state index contributed by atoms with van der Waals surface area (Å²) in [5, 5.41) is 2.88. The molecule has 21 heavy (non-hydrogen) atoms. The first-order valence-corrected chi connectivity index (χ1v) is 8.37. The largest absolute Gasteiger partial charge is 0.396 e. The lowest BCUT2D eigenvalue weighted by Gasteiger charge is -2.09. The van der Waals surface area contributed by atoms with Crippen LogP contribution >= 0.6 is 11.3 Å². The van der Waals surface area contributed by atoms with Crippen LogP contribution in [-0.4, -0.2) is 8.42 Å². The molecule has 1 heterocycles. The van der Waals surface area contributed by atoms with Gasteiger partial charge >= 0.3 is 0 Å². The minimum atomic E-state index is -3.85. The van der Waals surface area contributed by atoms with E-state index in [9.17, 15) is 12.8 Å². The fourth-order valence-corrected chi connectivity index (χ4v) is 3.75. The molecule has 0 aliphatic rings. The summed E-state index contributed by atoms with van der Waals surface area (Å²) in [4.78, 5) is -0.167. The zero-order chi connectivity index (χ0) is 15.0. The first-order chi connectivity index (χ1) is 9.95. The van der Waals surface area contributed by atoms with Crippen LogP contribution in [0.25, 0.3) is 10.1 Å². The molecule has 4 nitrogen and oxygen atoms in total.